The first-order valence-corrected chi connectivity index (χ1v) is 7.31. The number of hydrogen-bond donors (Lipinski definition) is 1. The van der Waals surface area contributed by atoms with Crippen LogP contribution >= 0.6 is 11.6 Å². The lowest BCUT2D eigenvalue weighted by molar-refractivity contribution is 0.623. The highest BCUT2D eigenvalue weighted by Gasteiger charge is 2.13. The highest BCUT2D eigenvalue weighted by molar-refractivity contribution is 6.33. The Morgan fingerprint density at radius 2 is 1.80 bits per heavy atom. The molecule has 1 unspecified atom stereocenters. The van der Waals surface area contributed by atoms with E-state index >= 15 is 0 Å². The van der Waals surface area contributed by atoms with Crippen LogP contribution in [0.25, 0.3) is 11.1 Å². The molecule has 2 aromatic rings. The SMILES string of the molecule is CCCC(C)Nc1cccc(-c2ccccc2Cl)c1F. The van der Waals surface area contributed by atoms with E-state index in [1.165, 1.54) is 0 Å². The third-order valence-electron chi connectivity index (χ3n) is 3.29. The Bertz CT molecular complexity index is 583. The summed E-state index contributed by atoms with van der Waals surface area (Å²) in [5.41, 5.74) is 1.78. The van der Waals surface area contributed by atoms with Gasteiger partial charge in [0.1, 0.15) is 0 Å². The van der Waals surface area contributed by atoms with Crippen LogP contribution in [0, 0.1) is 5.82 Å². The van der Waals surface area contributed by atoms with Crippen molar-refractivity contribution in [2.45, 2.75) is 32.7 Å². The van der Waals surface area contributed by atoms with Crippen LogP contribution in [0.2, 0.25) is 5.02 Å². The Morgan fingerprint density at radius 1 is 1.10 bits per heavy atom. The molecule has 0 spiro atoms. The van der Waals surface area contributed by atoms with Crippen molar-refractivity contribution < 1.29 is 4.39 Å². The molecule has 0 saturated heterocycles. The number of benzene rings is 2. The molecule has 3 heteroatoms. The summed E-state index contributed by atoms with van der Waals surface area (Å²) in [7, 11) is 0. The average molecular weight is 292 g/mol. The Labute approximate surface area is 124 Å². The molecule has 1 N–H and O–H groups in total. The molecule has 2 rings (SSSR count). The number of hydrogen-bond acceptors (Lipinski definition) is 1. The first-order chi connectivity index (χ1) is 9.63. The van der Waals surface area contributed by atoms with E-state index in [1.807, 2.05) is 24.3 Å². The first-order valence-electron chi connectivity index (χ1n) is 6.93. The Morgan fingerprint density at radius 3 is 2.50 bits per heavy atom. The number of anilines is 1. The topological polar surface area (TPSA) is 12.0 Å². The second kappa shape index (κ2) is 6.76. The van der Waals surface area contributed by atoms with Crippen molar-refractivity contribution >= 4 is 17.3 Å². The van der Waals surface area contributed by atoms with E-state index in [-0.39, 0.29) is 11.9 Å². The van der Waals surface area contributed by atoms with Gasteiger partial charge in [0.05, 0.1) is 5.69 Å². The molecule has 0 amide bonds. The second-order valence-electron chi connectivity index (χ2n) is 4.98. The van der Waals surface area contributed by atoms with Crippen LogP contribution in [-0.2, 0) is 0 Å². The standard InChI is InChI=1S/C17H19ClFN/c1-3-7-12(2)20-16-11-6-9-14(17(16)19)13-8-4-5-10-15(13)18/h4-6,8-12,20H,3,7H2,1-2H3. The molecule has 106 valence electrons. The van der Waals surface area contributed by atoms with Gasteiger partial charge in [0, 0.05) is 22.2 Å². The maximum Gasteiger partial charge on any atom is 0.154 e. The summed E-state index contributed by atoms with van der Waals surface area (Å²) in [6, 6.07) is 12.9. The Hall–Kier alpha value is -1.54. The molecule has 0 aliphatic carbocycles. The highest BCUT2D eigenvalue weighted by Crippen LogP contribution is 2.32. The summed E-state index contributed by atoms with van der Waals surface area (Å²) in [6.07, 6.45) is 2.08. The molecule has 0 radical (unpaired) electrons. The number of rotatable bonds is 5. The lowest BCUT2D eigenvalue weighted by atomic mass is 10.0. The zero-order chi connectivity index (χ0) is 14.5. The van der Waals surface area contributed by atoms with E-state index in [0.29, 0.717) is 16.3 Å². The number of halogens is 2. The third kappa shape index (κ3) is 3.31. The zero-order valence-corrected chi connectivity index (χ0v) is 12.5. The molecule has 2 aromatic carbocycles. The molecule has 0 aliphatic heterocycles. The van der Waals surface area contributed by atoms with Gasteiger partial charge in [-0.05, 0) is 25.5 Å². The van der Waals surface area contributed by atoms with E-state index in [1.54, 1.807) is 18.2 Å². The Kier molecular flexibility index (Phi) is 5.02. The van der Waals surface area contributed by atoms with Gasteiger partial charge in [-0.2, -0.15) is 0 Å². The van der Waals surface area contributed by atoms with Crippen LogP contribution in [-0.4, -0.2) is 6.04 Å². The van der Waals surface area contributed by atoms with Crippen molar-refractivity contribution in [2.24, 2.45) is 0 Å². The largest absolute Gasteiger partial charge is 0.380 e. The summed E-state index contributed by atoms with van der Waals surface area (Å²) in [5, 5.41) is 3.78. The van der Waals surface area contributed by atoms with Crippen LogP contribution in [0.15, 0.2) is 42.5 Å². The van der Waals surface area contributed by atoms with Gasteiger partial charge in [-0.3, -0.25) is 0 Å². The van der Waals surface area contributed by atoms with Gasteiger partial charge in [-0.1, -0.05) is 55.3 Å². The monoisotopic (exact) mass is 291 g/mol. The minimum Gasteiger partial charge on any atom is -0.380 e. The summed E-state index contributed by atoms with van der Waals surface area (Å²) >= 11 is 6.15. The summed E-state index contributed by atoms with van der Waals surface area (Å²) in [5.74, 6) is -0.247. The fourth-order valence-electron chi connectivity index (χ4n) is 2.30. The van der Waals surface area contributed by atoms with Crippen LogP contribution in [0.3, 0.4) is 0 Å². The minimum absolute atomic E-state index is 0.246. The van der Waals surface area contributed by atoms with E-state index in [2.05, 4.69) is 19.2 Å². The molecule has 1 atom stereocenters. The van der Waals surface area contributed by atoms with Gasteiger partial charge in [0.15, 0.2) is 5.82 Å². The summed E-state index contributed by atoms with van der Waals surface area (Å²) in [4.78, 5) is 0. The van der Waals surface area contributed by atoms with Gasteiger partial charge >= 0.3 is 0 Å². The molecule has 0 aromatic heterocycles. The minimum atomic E-state index is -0.247. The highest BCUT2D eigenvalue weighted by atomic mass is 35.5. The molecule has 0 bridgehead atoms. The van der Waals surface area contributed by atoms with Crippen LogP contribution in [0.4, 0.5) is 10.1 Å². The fourth-order valence-corrected chi connectivity index (χ4v) is 2.54. The van der Waals surface area contributed by atoms with Crippen molar-refractivity contribution in [1.82, 2.24) is 0 Å². The Balaban J connectivity index is 2.35. The molecule has 20 heavy (non-hydrogen) atoms. The van der Waals surface area contributed by atoms with Gasteiger partial charge in [-0.25, -0.2) is 4.39 Å². The lowest BCUT2D eigenvalue weighted by Gasteiger charge is -2.16. The molecule has 0 heterocycles. The predicted octanol–water partition coefficient (Wildman–Crippen LogP) is 5.75. The van der Waals surface area contributed by atoms with Crippen molar-refractivity contribution in [3.8, 4) is 11.1 Å². The molecule has 1 nitrogen and oxygen atoms in total. The van der Waals surface area contributed by atoms with E-state index in [9.17, 15) is 4.39 Å². The maximum atomic E-state index is 14.6. The van der Waals surface area contributed by atoms with Crippen molar-refractivity contribution in [3.63, 3.8) is 0 Å². The van der Waals surface area contributed by atoms with Gasteiger partial charge in [-0.15, -0.1) is 0 Å². The quantitative estimate of drug-likeness (QED) is 0.740. The number of nitrogens with one attached hydrogen (secondary N) is 1. The maximum absolute atomic E-state index is 14.6. The predicted molar refractivity (Wildman–Crippen MR) is 84.8 cm³/mol. The molecular formula is C17H19ClFN. The normalized spacial score (nSPS) is 12.2. The van der Waals surface area contributed by atoms with Crippen LogP contribution in [0.5, 0.6) is 0 Å². The van der Waals surface area contributed by atoms with Crippen LogP contribution in [0.1, 0.15) is 26.7 Å². The average Bonchev–Trinajstić information content (AvgIpc) is 2.42. The van der Waals surface area contributed by atoms with E-state index < -0.39 is 0 Å². The van der Waals surface area contributed by atoms with Gasteiger partial charge < -0.3 is 5.32 Å². The van der Waals surface area contributed by atoms with Gasteiger partial charge in [0.2, 0.25) is 0 Å². The molecule has 0 fully saturated rings. The second-order valence-corrected chi connectivity index (χ2v) is 5.39. The van der Waals surface area contributed by atoms with E-state index in [4.69, 9.17) is 11.6 Å². The van der Waals surface area contributed by atoms with Crippen molar-refractivity contribution in [2.75, 3.05) is 5.32 Å². The van der Waals surface area contributed by atoms with Crippen molar-refractivity contribution in [3.05, 3.63) is 53.3 Å². The smallest absolute Gasteiger partial charge is 0.154 e. The summed E-state index contributed by atoms with van der Waals surface area (Å²) < 4.78 is 14.6. The zero-order valence-electron chi connectivity index (χ0n) is 11.8. The summed E-state index contributed by atoms with van der Waals surface area (Å²) in [6.45, 7) is 4.18. The lowest BCUT2D eigenvalue weighted by Crippen LogP contribution is -2.15. The first kappa shape index (κ1) is 14.9. The van der Waals surface area contributed by atoms with E-state index in [0.717, 1.165) is 18.4 Å². The fraction of sp³-hybridized carbons (Fsp3) is 0.294. The molecule has 0 saturated carbocycles. The van der Waals surface area contributed by atoms with Crippen LogP contribution < -0.4 is 5.32 Å². The van der Waals surface area contributed by atoms with Crippen molar-refractivity contribution in [1.29, 1.82) is 0 Å². The molecule has 0 aliphatic rings. The third-order valence-corrected chi connectivity index (χ3v) is 3.62. The van der Waals surface area contributed by atoms with Gasteiger partial charge in [0.25, 0.3) is 0 Å². The molecular weight excluding hydrogens is 273 g/mol.